The molecule has 0 saturated heterocycles. The van der Waals surface area contributed by atoms with Crippen molar-refractivity contribution in [3.05, 3.63) is 35.4 Å². The second kappa shape index (κ2) is 6.81. The summed E-state index contributed by atoms with van der Waals surface area (Å²) in [5.74, 6) is 0.0279. The van der Waals surface area contributed by atoms with E-state index in [1.807, 2.05) is 13.8 Å². The fourth-order valence-corrected chi connectivity index (χ4v) is 2.11. The van der Waals surface area contributed by atoms with Crippen molar-refractivity contribution in [3.8, 4) is 0 Å². The van der Waals surface area contributed by atoms with Gasteiger partial charge in [0.2, 0.25) is 0 Å². The lowest BCUT2D eigenvalue weighted by atomic mass is 10.1. The summed E-state index contributed by atoms with van der Waals surface area (Å²) in [6.45, 7) is 4.25. The van der Waals surface area contributed by atoms with Crippen molar-refractivity contribution in [3.63, 3.8) is 0 Å². The van der Waals surface area contributed by atoms with E-state index >= 15 is 0 Å². The van der Waals surface area contributed by atoms with Crippen LogP contribution in [0.4, 0.5) is 8.78 Å². The number of rotatable bonds is 6. The van der Waals surface area contributed by atoms with Gasteiger partial charge in [0, 0.05) is 41.0 Å². The maximum absolute atomic E-state index is 13.0. The van der Waals surface area contributed by atoms with E-state index in [9.17, 15) is 13.0 Å². The Morgan fingerprint density at radius 1 is 1.29 bits per heavy atom. The Morgan fingerprint density at radius 2 is 1.88 bits per heavy atom. The molecule has 1 aromatic carbocycles. The molecule has 0 aromatic heterocycles. The van der Waals surface area contributed by atoms with Crippen LogP contribution < -0.4 is 5.32 Å². The molecule has 1 N–H and O–H groups in total. The summed E-state index contributed by atoms with van der Waals surface area (Å²) in [5.41, 5.74) is 0.560. The number of hydrogen-bond donors (Lipinski definition) is 1. The number of halogens is 2. The smallest absolute Gasteiger partial charge is 0.126 e. The van der Waals surface area contributed by atoms with E-state index in [1.165, 1.54) is 12.1 Å². The van der Waals surface area contributed by atoms with Crippen molar-refractivity contribution in [2.45, 2.75) is 19.9 Å². The molecule has 1 rings (SSSR count). The maximum atomic E-state index is 13.0. The van der Waals surface area contributed by atoms with E-state index in [0.29, 0.717) is 23.6 Å². The average Bonchev–Trinajstić information content (AvgIpc) is 2.27. The summed E-state index contributed by atoms with van der Waals surface area (Å²) in [7, 11) is -0.819. The highest BCUT2D eigenvalue weighted by Crippen LogP contribution is 2.15. The lowest BCUT2D eigenvalue weighted by molar-refractivity contribution is 0.555. The first-order valence-electron chi connectivity index (χ1n) is 5.57. The van der Waals surface area contributed by atoms with Crippen molar-refractivity contribution in [2.75, 3.05) is 18.1 Å². The molecule has 0 aliphatic heterocycles. The van der Waals surface area contributed by atoms with Gasteiger partial charge in [0.05, 0.1) is 0 Å². The standard InChI is InChI=1S/C12H17F2NOS/c1-3-17(16)5-4-15-9(2)10-6-11(13)8-12(14)7-10/h6-9,15H,3-5H2,1-2H3. The molecule has 0 fully saturated rings. The molecule has 0 bridgehead atoms. The molecule has 0 saturated carbocycles. The summed E-state index contributed by atoms with van der Waals surface area (Å²) >= 11 is 0. The van der Waals surface area contributed by atoms with Crippen molar-refractivity contribution in [1.29, 1.82) is 0 Å². The second-order valence-corrected chi connectivity index (χ2v) is 5.68. The molecule has 2 nitrogen and oxygen atoms in total. The summed E-state index contributed by atoms with van der Waals surface area (Å²) in [5, 5.41) is 3.09. The third-order valence-corrected chi connectivity index (χ3v) is 3.79. The van der Waals surface area contributed by atoms with Gasteiger partial charge < -0.3 is 5.32 Å². The molecule has 0 radical (unpaired) electrons. The molecule has 0 aliphatic carbocycles. The zero-order valence-electron chi connectivity index (χ0n) is 10.0. The van der Waals surface area contributed by atoms with Crippen LogP contribution in [0.15, 0.2) is 18.2 Å². The predicted molar refractivity (Wildman–Crippen MR) is 66.3 cm³/mol. The number of benzene rings is 1. The van der Waals surface area contributed by atoms with E-state index in [0.717, 1.165) is 6.07 Å². The van der Waals surface area contributed by atoms with E-state index in [1.54, 1.807) is 0 Å². The largest absolute Gasteiger partial charge is 0.309 e. The first-order chi connectivity index (χ1) is 8.02. The minimum absolute atomic E-state index is 0.158. The minimum atomic E-state index is -0.819. The van der Waals surface area contributed by atoms with Crippen LogP contribution in [-0.4, -0.2) is 22.3 Å². The SMILES string of the molecule is CCS(=O)CCNC(C)c1cc(F)cc(F)c1. The number of nitrogens with one attached hydrogen (secondary N) is 1. The topological polar surface area (TPSA) is 29.1 Å². The first kappa shape index (κ1) is 14.3. The molecule has 0 aliphatic rings. The van der Waals surface area contributed by atoms with Crippen LogP contribution in [0.2, 0.25) is 0 Å². The van der Waals surface area contributed by atoms with Gasteiger partial charge in [-0.05, 0) is 24.6 Å². The summed E-state index contributed by atoms with van der Waals surface area (Å²) in [6.07, 6.45) is 0. The van der Waals surface area contributed by atoms with Gasteiger partial charge in [-0.3, -0.25) is 4.21 Å². The molecule has 96 valence electrons. The fraction of sp³-hybridized carbons (Fsp3) is 0.500. The molecule has 2 unspecified atom stereocenters. The minimum Gasteiger partial charge on any atom is -0.309 e. The Balaban J connectivity index is 2.52. The highest BCUT2D eigenvalue weighted by atomic mass is 32.2. The summed E-state index contributed by atoms with van der Waals surface area (Å²) < 4.78 is 37.1. The Hall–Kier alpha value is -0.810. The van der Waals surface area contributed by atoms with Crippen LogP contribution in [0.3, 0.4) is 0 Å². The molecule has 2 atom stereocenters. The van der Waals surface area contributed by atoms with Gasteiger partial charge in [-0.25, -0.2) is 8.78 Å². The van der Waals surface area contributed by atoms with Gasteiger partial charge in [-0.15, -0.1) is 0 Å². The van der Waals surface area contributed by atoms with Crippen molar-refractivity contribution < 1.29 is 13.0 Å². The Morgan fingerprint density at radius 3 is 2.41 bits per heavy atom. The summed E-state index contributed by atoms with van der Waals surface area (Å²) in [4.78, 5) is 0. The quantitative estimate of drug-likeness (QED) is 0.852. The lowest BCUT2D eigenvalue weighted by Gasteiger charge is -2.14. The van der Waals surface area contributed by atoms with Crippen molar-refractivity contribution >= 4 is 10.8 Å². The Labute approximate surface area is 103 Å². The second-order valence-electron chi connectivity index (χ2n) is 3.81. The van der Waals surface area contributed by atoms with E-state index < -0.39 is 22.4 Å². The van der Waals surface area contributed by atoms with E-state index in [2.05, 4.69) is 5.32 Å². The zero-order chi connectivity index (χ0) is 12.8. The molecule has 0 amide bonds. The van der Waals surface area contributed by atoms with Crippen LogP contribution in [0.5, 0.6) is 0 Å². The number of hydrogen-bond acceptors (Lipinski definition) is 2. The van der Waals surface area contributed by atoms with Gasteiger partial charge >= 0.3 is 0 Å². The zero-order valence-corrected chi connectivity index (χ0v) is 10.8. The van der Waals surface area contributed by atoms with E-state index in [-0.39, 0.29) is 6.04 Å². The van der Waals surface area contributed by atoms with Crippen molar-refractivity contribution in [2.24, 2.45) is 0 Å². The highest BCUT2D eigenvalue weighted by Gasteiger charge is 2.08. The highest BCUT2D eigenvalue weighted by molar-refractivity contribution is 7.84. The Kier molecular flexibility index (Phi) is 5.71. The molecular weight excluding hydrogens is 244 g/mol. The fourth-order valence-electron chi connectivity index (χ4n) is 1.48. The maximum Gasteiger partial charge on any atom is 0.126 e. The van der Waals surface area contributed by atoms with Gasteiger partial charge in [0.25, 0.3) is 0 Å². The average molecular weight is 261 g/mol. The normalized spacial score (nSPS) is 14.6. The van der Waals surface area contributed by atoms with Crippen LogP contribution in [0.25, 0.3) is 0 Å². The van der Waals surface area contributed by atoms with Gasteiger partial charge in [-0.2, -0.15) is 0 Å². The third kappa shape index (κ3) is 4.91. The lowest BCUT2D eigenvalue weighted by Crippen LogP contribution is -2.24. The Bertz CT molecular complexity index is 378. The van der Waals surface area contributed by atoms with Crippen molar-refractivity contribution in [1.82, 2.24) is 5.32 Å². The molecule has 0 heterocycles. The molecular formula is C12H17F2NOS. The van der Waals surface area contributed by atoms with Crippen LogP contribution in [-0.2, 0) is 10.8 Å². The molecule has 0 spiro atoms. The van der Waals surface area contributed by atoms with Crippen LogP contribution in [0.1, 0.15) is 25.5 Å². The predicted octanol–water partition coefficient (Wildman–Crippen LogP) is 2.38. The monoisotopic (exact) mass is 261 g/mol. The van der Waals surface area contributed by atoms with Gasteiger partial charge in [0.15, 0.2) is 0 Å². The van der Waals surface area contributed by atoms with Crippen LogP contribution >= 0.6 is 0 Å². The molecule has 17 heavy (non-hydrogen) atoms. The third-order valence-electron chi connectivity index (χ3n) is 2.49. The van der Waals surface area contributed by atoms with Gasteiger partial charge in [-0.1, -0.05) is 6.92 Å². The molecule has 5 heteroatoms. The first-order valence-corrected chi connectivity index (χ1v) is 7.06. The van der Waals surface area contributed by atoms with Crippen LogP contribution in [0, 0.1) is 11.6 Å². The van der Waals surface area contributed by atoms with E-state index in [4.69, 9.17) is 0 Å². The molecule has 1 aromatic rings. The van der Waals surface area contributed by atoms with Gasteiger partial charge in [0.1, 0.15) is 11.6 Å². The summed E-state index contributed by atoms with van der Waals surface area (Å²) in [6, 6.07) is 3.30.